The molecule has 0 aromatic heterocycles. The van der Waals surface area contributed by atoms with Gasteiger partial charge in [0.1, 0.15) is 5.60 Å². The average Bonchev–Trinajstić information content (AvgIpc) is 2.44. The fourth-order valence-corrected chi connectivity index (χ4v) is 2.74. The van der Waals surface area contributed by atoms with Crippen LogP contribution in [-0.2, 0) is 16.0 Å². The lowest BCUT2D eigenvalue weighted by Gasteiger charge is -2.30. The number of benzene rings is 1. The molecule has 0 atom stereocenters. The first kappa shape index (κ1) is 15.5. The van der Waals surface area contributed by atoms with Gasteiger partial charge in [-0.05, 0) is 30.5 Å². The van der Waals surface area contributed by atoms with Crippen molar-refractivity contribution in [3.8, 4) is 0 Å². The van der Waals surface area contributed by atoms with Gasteiger partial charge in [-0.15, -0.1) is 0 Å². The predicted molar refractivity (Wildman–Crippen MR) is 80.6 cm³/mol. The molecule has 0 bridgehead atoms. The molecule has 1 saturated heterocycles. The molecule has 1 amide bonds. The first-order chi connectivity index (χ1) is 9.53. The minimum absolute atomic E-state index is 0.284. The van der Waals surface area contributed by atoms with Crippen LogP contribution in [0.15, 0.2) is 22.7 Å². The van der Waals surface area contributed by atoms with E-state index in [9.17, 15) is 9.90 Å². The van der Waals surface area contributed by atoms with Crippen LogP contribution in [0.2, 0.25) is 0 Å². The lowest BCUT2D eigenvalue weighted by molar-refractivity contribution is -0.149. The smallest absolute Gasteiger partial charge is 0.252 e. The lowest BCUT2D eigenvalue weighted by atomic mass is 9.93. The Morgan fingerprint density at radius 3 is 2.85 bits per heavy atom. The van der Waals surface area contributed by atoms with E-state index in [1.807, 2.05) is 19.1 Å². The Bertz CT molecular complexity index is 484. The highest BCUT2D eigenvalue weighted by molar-refractivity contribution is 9.10. The third kappa shape index (κ3) is 3.59. The number of hydrogen-bond donors (Lipinski definition) is 2. The maximum Gasteiger partial charge on any atom is 0.252 e. The second-order valence-corrected chi connectivity index (χ2v) is 6.03. The molecule has 20 heavy (non-hydrogen) atoms. The molecule has 1 aromatic carbocycles. The number of rotatable bonds is 4. The molecule has 2 N–H and O–H groups in total. The maximum atomic E-state index is 12.0. The summed E-state index contributed by atoms with van der Waals surface area (Å²) in [7, 11) is 0. The van der Waals surface area contributed by atoms with E-state index in [1.165, 1.54) is 11.1 Å². The highest BCUT2D eigenvalue weighted by atomic mass is 79.9. The zero-order valence-electron chi connectivity index (χ0n) is 11.6. The van der Waals surface area contributed by atoms with E-state index >= 15 is 0 Å². The van der Waals surface area contributed by atoms with Gasteiger partial charge in [-0.25, -0.2) is 0 Å². The molecule has 1 aliphatic heterocycles. The molecule has 5 heteroatoms. The van der Waals surface area contributed by atoms with Gasteiger partial charge in [0.25, 0.3) is 5.91 Å². The van der Waals surface area contributed by atoms with E-state index in [0.29, 0.717) is 32.6 Å². The van der Waals surface area contributed by atoms with E-state index < -0.39 is 5.60 Å². The summed E-state index contributed by atoms with van der Waals surface area (Å²) in [6.07, 6.45) is 1.49. The molecule has 1 aromatic rings. The molecule has 0 saturated carbocycles. The second-order valence-electron chi connectivity index (χ2n) is 5.17. The summed E-state index contributed by atoms with van der Waals surface area (Å²) < 4.78 is 6.25. The van der Waals surface area contributed by atoms with Gasteiger partial charge in [-0.1, -0.05) is 28.1 Å². The molecule has 0 aliphatic carbocycles. The van der Waals surface area contributed by atoms with Crippen molar-refractivity contribution >= 4 is 21.8 Å². The standard InChI is InChI=1S/C15H20BrNO3/c1-11-12(3-2-4-13(11)16)5-8-17-14(18)15(19)6-9-20-10-7-15/h2-4,19H,5-10H2,1H3,(H,17,18). The number of aliphatic hydroxyl groups is 1. The molecular weight excluding hydrogens is 322 g/mol. The van der Waals surface area contributed by atoms with Crippen LogP contribution >= 0.6 is 15.9 Å². The number of nitrogens with one attached hydrogen (secondary N) is 1. The molecule has 4 nitrogen and oxygen atoms in total. The molecule has 1 aliphatic rings. The van der Waals surface area contributed by atoms with E-state index in [2.05, 4.69) is 27.3 Å². The summed E-state index contributed by atoms with van der Waals surface area (Å²) in [6, 6.07) is 6.04. The minimum atomic E-state index is -1.26. The van der Waals surface area contributed by atoms with E-state index in [-0.39, 0.29) is 5.91 Å². The van der Waals surface area contributed by atoms with Gasteiger partial charge in [0.2, 0.25) is 0 Å². The SMILES string of the molecule is Cc1c(Br)cccc1CCNC(=O)C1(O)CCOCC1. The summed E-state index contributed by atoms with van der Waals surface area (Å²) >= 11 is 3.50. The Kier molecular flexibility index (Phi) is 5.18. The Morgan fingerprint density at radius 2 is 2.15 bits per heavy atom. The van der Waals surface area contributed by atoms with Crippen LogP contribution in [0.5, 0.6) is 0 Å². The van der Waals surface area contributed by atoms with Gasteiger partial charge >= 0.3 is 0 Å². The third-order valence-electron chi connectivity index (χ3n) is 3.80. The van der Waals surface area contributed by atoms with Gasteiger partial charge in [0.15, 0.2) is 0 Å². The first-order valence-corrected chi connectivity index (χ1v) is 7.65. The van der Waals surface area contributed by atoms with Gasteiger partial charge in [-0.2, -0.15) is 0 Å². The number of amides is 1. The normalized spacial score (nSPS) is 17.8. The maximum absolute atomic E-state index is 12.0. The molecule has 1 fully saturated rings. The summed E-state index contributed by atoms with van der Waals surface area (Å²) in [6.45, 7) is 3.45. The van der Waals surface area contributed by atoms with Crippen molar-refractivity contribution in [1.82, 2.24) is 5.32 Å². The van der Waals surface area contributed by atoms with Crippen molar-refractivity contribution in [2.75, 3.05) is 19.8 Å². The monoisotopic (exact) mass is 341 g/mol. The van der Waals surface area contributed by atoms with Gasteiger partial charge < -0.3 is 15.2 Å². The van der Waals surface area contributed by atoms with Crippen molar-refractivity contribution in [1.29, 1.82) is 0 Å². The Balaban J connectivity index is 1.86. The quantitative estimate of drug-likeness (QED) is 0.880. The van der Waals surface area contributed by atoms with Crippen LogP contribution in [0.4, 0.5) is 0 Å². The van der Waals surface area contributed by atoms with Gasteiger partial charge in [-0.3, -0.25) is 4.79 Å². The van der Waals surface area contributed by atoms with E-state index in [1.54, 1.807) is 0 Å². The molecule has 0 radical (unpaired) electrons. The van der Waals surface area contributed by atoms with E-state index in [4.69, 9.17) is 4.74 Å². The molecule has 0 unspecified atom stereocenters. The second kappa shape index (κ2) is 6.70. The number of halogens is 1. The first-order valence-electron chi connectivity index (χ1n) is 6.85. The minimum Gasteiger partial charge on any atom is -0.381 e. The molecule has 2 rings (SSSR count). The molecule has 1 heterocycles. The largest absolute Gasteiger partial charge is 0.381 e. The van der Waals surface area contributed by atoms with Crippen molar-refractivity contribution in [2.24, 2.45) is 0 Å². The summed E-state index contributed by atoms with van der Waals surface area (Å²) in [5, 5.41) is 13.1. The Hall–Kier alpha value is -0.910. The Labute approximate surface area is 127 Å². The number of ether oxygens (including phenoxy) is 1. The van der Waals surface area contributed by atoms with Crippen molar-refractivity contribution < 1.29 is 14.6 Å². The van der Waals surface area contributed by atoms with Gasteiger partial charge in [0.05, 0.1) is 0 Å². The number of hydrogen-bond acceptors (Lipinski definition) is 3. The molecule has 0 spiro atoms. The summed E-state index contributed by atoms with van der Waals surface area (Å²) in [5.74, 6) is -0.284. The van der Waals surface area contributed by atoms with Crippen LogP contribution in [-0.4, -0.2) is 36.4 Å². The predicted octanol–water partition coefficient (Wildman–Crippen LogP) is 1.96. The van der Waals surface area contributed by atoms with Crippen LogP contribution < -0.4 is 5.32 Å². The summed E-state index contributed by atoms with van der Waals surface area (Å²) in [4.78, 5) is 12.0. The van der Waals surface area contributed by atoms with Crippen molar-refractivity contribution in [3.63, 3.8) is 0 Å². The number of carbonyl (C=O) groups excluding carboxylic acids is 1. The van der Waals surface area contributed by atoms with Crippen molar-refractivity contribution in [2.45, 2.75) is 31.8 Å². The highest BCUT2D eigenvalue weighted by Crippen LogP contribution is 2.21. The fraction of sp³-hybridized carbons (Fsp3) is 0.533. The van der Waals surface area contributed by atoms with Crippen molar-refractivity contribution in [3.05, 3.63) is 33.8 Å². The van der Waals surface area contributed by atoms with E-state index in [0.717, 1.165) is 10.9 Å². The number of carbonyl (C=O) groups is 1. The zero-order valence-corrected chi connectivity index (χ0v) is 13.2. The topological polar surface area (TPSA) is 58.6 Å². The van der Waals surface area contributed by atoms with Crippen LogP contribution in [0.25, 0.3) is 0 Å². The zero-order chi connectivity index (χ0) is 14.6. The third-order valence-corrected chi connectivity index (χ3v) is 4.66. The van der Waals surface area contributed by atoms with Crippen LogP contribution in [0, 0.1) is 6.92 Å². The highest BCUT2D eigenvalue weighted by Gasteiger charge is 2.37. The summed E-state index contributed by atoms with van der Waals surface area (Å²) in [5.41, 5.74) is 1.12. The lowest BCUT2D eigenvalue weighted by Crippen LogP contribution is -2.50. The molecular formula is C15H20BrNO3. The van der Waals surface area contributed by atoms with Gasteiger partial charge in [0, 0.05) is 37.1 Å². The van der Waals surface area contributed by atoms with Crippen LogP contribution in [0.3, 0.4) is 0 Å². The Morgan fingerprint density at radius 1 is 1.45 bits per heavy atom. The average molecular weight is 342 g/mol. The molecule has 110 valence electrons. The fourth-order valence-electron chi connectivity index (χ4n) is 2.33. The van der Waals surface area contributed by atoms with Crippen LogP contribution in [0.1, 0.15) is 24.0 Å².